The molecule has 1 unspecified atom stereocenters. The molecule has 3 N–H and O–H groups in total. The maximum absolute atomic E-state index is 11.9. The Kier molecular flexibility index (Phi) is 4.82. The molecule has 0 spiro atoms. The third-order valence-corrected chi connectivity index (χ3v) is 4.08. The minimum atomic E-state index is -0.945. The molecular formula is C14H26N2O3. The molecular weight excluding hydrogens is 244 g/mol. The molecule has 0 radical (unpaired) electrons. The molecule has 0 aromatic heterocycles. The molecule has 1 atom stereocenters. The van der Waals surface area contributed by atoms with Crippen LogP contribution in [-0.4, -0.2) is 29.7 Å². The minimum absolute atomic E-state index is 0.109. The van der Waals surface area contributed by atoms with Gasteiger partial charge < -0.3 is 15.7 Å². The quantitative estimate of drug-likeness (QED) is 0.733. The fourth-order valence-electron chi connectivity index (χ4n) is 2.35. The van der Waals surface area contributed by atoms with Crippen molar-refractivity contribution < 1.29 is 14.7 Å². The number of aliphatic carboxylic acids is 1. The SMILES string of the molecule is CC(C)(CNC(=O)NC1CCCCC1(C)C)C(=O)O. The van der Waals surface area contributed by atoms with Gasteiger partial charge in [0.1, 0.15) is 0 Å². The van der Waals surface area contributed by atoms with Gasteiger partial charge in [-0.05, 0) is 32.1 Å². The molecule has 1 rings (SSSR count). The van der Waals surface area contributed by atoms with Crippen molar-refractivity contribution in [3.63, 3.8) is 0 Å². The third kappa shape index (κ3) is 4.40. The van der Waals surface area contributed by atoms with Crippen LogP contribution in [-0.2, 0) is 4.79 Å². The summed E-state index contributed by atoms with van der Waals surface area (Å²) in [6, 6.07) is -0.108. The molecule has 5 heteroatoms. The van der Waals surface area contributed by atoms with Crippen LogP contribution in [0.5, 0.6) is 0 Å². The molecule has 1 saturated carbocycles. The Morgan fingerprint density at radius 1 is 1.32 bits per heavy atom. The lowest BCUT2D eigenvalue weighted by Crippen LogP contribution is -2.52. The molecule has 1 fully saturated rings. The fourth-order valence-corrected chi connectivity index (χ4v) is 2.35. The second kappa shape index (κ2) is 5.80. The molecule has 1 aliphatic rings. The molecule has 2 amide bonds. The predicted octanol–water partition coefficient (Wildman–Crippen LogP) is 2.37. The maximum Gasteiger partial charge on any atom is 0.315 e. The highest BCUT2D eigenvalue weighted by molar-refractivity contribution is 5.77. The van der Waals surface area contributed by atoms with Crippen LogP contribution in [0, 0.1) is 10.8 Å². The maximum atomic E-state index is 11.9. The third-order valence-electron chi connectivity index (χ3n) is 4.08. The van der Waals surface area contributed by atoms with Crippen molar-refractivity contribution >= 4 is 12.0 Å². The lowest BCUT2D eigenvalue weighted by molar-refractivity contribution is -0.146. The number of nitrogens with one attached hydrogen (secondary N) is 2. The Labute approximate surface area is 115 Å². The summed E-state index contributed by atoms with van der Waals surface area (Å²) >= 11 is 0. The number of hydrogen-bond donors (Lipinski definition) is 3. The van der Waals surface area contributed by atoms with Crippen LogP contribution in [0.15, 0.2) is 0 Å². The molecule has 0 bridgehead atoms. The molecule has 0 aromatic carbocycles. The second-order valence-electron chi connectivity index (χ2n) is 6.80. The van der Waals surface area contributed by atoms with Crippen LogP contribution in [0.1, 0.15) is 53.4 Å². The molecule has 0 saturated heterocycles. The topological polar surface area (TPSA) is 78.4 Å². The molecule has 5 nitrogen and oxygen atoms in total. The van der Waals surface area contributed by atoms with E-state index in [0.29, 0.717) is 0 Å². The van der Waals surface area contributed by atoms with Crippen molar-refractivity contribution in [2.24, 2.45) is 10.8 Å². The van der Waals surface area contributed by atoms with Crippen molar-refractivity contribution in [3.8, 4) is 0 Å². The molecule has 110 valence electrons. The monoisotopic (exact) mass is 270 g/mol. The van der Waals surface area contributed by atoms with E-state index in [4.69, 9.17) is 5.11 Å². The van der Waals surface area contributed by atoms with Gasteiger partial charge in [-0.15, -0.1) is 0 Å². The Morgan fingerprint density at radius 2 is 1.95 bits per heavy atom. The first kappa shape index (κ1) is 15.8. The van der Waals surface area contributed by atoms with E-state index < -0.39 is 11.4 Å². The van der Waals surface area contributed by atoms with Gasteiger partial charge in [0.2, 0.25) is 0 Å². The minimum Gasteiger partial charge on any atom is -0.481 e. The lowest BCUT2D eigenvalue weighted by atomic mass is 9.73. The fraction of sp³-hybridized carbons (Fsp3) is 0.857. The summed E-state index contributed by atoms with van der Waals surface area (Å²) in [7, 11) is 0. The number of rotatable bonds is 4. The molecule has 0 aliphatic heterocycles. The van der Waals surface area contributed by atoms with Gasteiger partial charge in [-0.2, -0.15) is 0 Å². The van der Waals surface area contributed by atoms with Crippen molar-refractivity contribution in [3.05, 3.63) is 0 Å². The molecule has 19 heavy (non-hydrogen) atoms. The predicted molar refractivity (Wildman–Crippen MR) is 74.0 cm³/mol. The summed E-state index contributed by atoms with van der Waals surface area (Å²) in [5.41, 5.74) is -0.836. The number of hydrogen-bond acceptors (Lipinski definition) is 2. The van der Waals surface area contributed by atoms with E-state index in [9.17, 15) is 9.59 Å². The van der Waals surface area contributed by atoms with E-state index in [1.165, 1.54) is 6.42 Å². The lowest BCUT2D eigenvalue weighted by Gasteiger charge is -2.39. The number of urea groups is 1. The summed E-state index contributed by atoms with van der Waals surface area (Å²) in [4.78, 5) is 22.8. The Morgan fingerprint density at radius 3 is 2.47 bits per heavy atom. The first-order valence-electron chi connectivity index (χ1n) is 6.93. The number of carbonyl (C=O) groups is 2. The van der Waals surface area contributed by atoms with Gasteiger partial charge in [-0.25, -0.2) is 4.79 Å². The Hall–Kier alpha value is -1.26. The summed E-state index contributed by atoms with van der Waals surface area (Å²) < 4.78 is 0. The zero-order valence-electron chi connectivity index (χ0n) is 12.4. The number of carbonyl (C=O) groups excluding carboxylic acids is 1. The zero-order valence-corrected chi connectivity index (χ0v) is 12.4. The first-order valence-corrected chi connectivity index (χ1v) is 6.93. The van der Waals surface area contributed by atoms with Gasteiger partial charge in [0.25, 0.3) is 0 Å². The van der Waals surface area contributed by atoms with Crippen LogP contribution >= 0.6 is 0 Å². The van der Waals surface area contributed by atoms with E-state index in [-0.39, 0.29) is 24.0 Å². The van der Waals surface area contributed by atoms with Crippen LogP contribution in [0.25, 0.3) is 0 Å². The second-order valence-corrected chi connectivity index (χ2v) is 6.80. The molecule has 1 aliphatic carbocycles. The number of carboxylic acids is 1. The number of carboxylic acid groups (broad SMARTS) is 1. The van der Waals surface area contributed by atoms with Crippen molar-refractivity contribution in [1.29, 1.82) is 0 Å². The summed E-state index contributed by atoms with van der Waals surface area (Å²) in [6.45, 7) is 7.65. The van der Waals surface area contributed by atoms with Gasteiger partial charge in [-0.3, -0.25) is 4.79 Å². The molecule has 0 heterocycles. The average molecular weight is 270 g/mol. The zero-order chi connectivity index (χ0) is 14.7. The van der Waals surface area contributed by atoms with Crippen molar-refractivity contribution in [2.45, 2.75) is 59.4 Å². The summed E-state index contributed by atoms with van der Waals surface area (Å²) in [5.74, 6) is -0.911. The highest BCUT2D eigenvalue weighted by atomic mass is 16.4. The van der Waals surface area contributed by atoms with Gasteiger partial charge in [0.15, 0.2) is 0 Å². The average Bonchev–Trinajstić information content (AvgIpc) is 2.29. The van der Waals surface area contributed by atoms with Gasteiger partial charge >= 0.3 is 12.0 Å². The van der Waals surface area contributed by atoms with E-state index in [1.54, 1.807) is 13.8 Å². The van der Waals surface area contributed by atoms with E-state index in [2.05, 4.69) is 24.5 Å². The van der Waals surface area contributed by atoms with Crippen LogP contribution < -0.4 is 10.6 Å². The van der Waals surface area contributed by atoms with E-state index in [0.717, 1.165) is 19.3 Å². The smallest absolute Gasteiger partial charge is 0.315 e. The Bertz CT molecular complexity index is 351. The summed E-state index contributed by atoms with van der Waals surface area (Å²) in [6.07, 6.45) is 4.44. The standard InChI is InChI=1S/C14H26N2O3/c1-13(2)8-6-5-7-10(13)16-12(19)15-9-14(3,4)11(17)18/h10H,5-9H2,1-4H3,(H,17,18)(H2,15,16,19). The Balaban J connectivity index is 2.45. The summed E-state index contributed by atoms with van der Waals surface area (Å²) in [5, 5.41) is 14.6. The van der Waals surface area contributed by atoms with Crippen LogP contribution in [0.3, 0.4) is 0 Å². The number of amides is 2. The van der Waals surface area contributed by atoms with Crippen LogP contribution in [0.2, 0.25) is 0 Å². The van der Waals surface area contributed by atoms with Crippen LogP contribution in [0.4, 0.5) is 4.79 Å². The van der Waals surface area contributed by atoms with E-state index >= 15 is 0 Å². The van der Waals surface area contributed by atoms with Gasteiger partial charge in [0, 0.05) is 12.6 Å². The van der Waals surface area contributed by atoms with Crippen molar-refractivity contribution in [1.82, 2.24) is 10.6 Å². The van der Waals surface area contributed by atoms with Gasteiger partial charge in [-0.1, -0.05) is 26.7 Å². The highest BCUT2D eigenvalue weighted by Gasteiger charge is 2.34. The normalized spacial score (nSPS) is 22.6. The first-order chi connectivity index (χ1) is 8.65. The van der Waals surface area contributed by atoms with Gasteiger partial charge in [0.05, 0.1) is 5.41 Å². The largest absolute Gasteiger partial charge is 0.481 e. The van der Waals surface area contributed by atoms with Crippen molar-refractivity contribution in [2.75, 3.05) is 6.54 Å². The van der Waals surface area contributed by atoms with E-state index in [1.807, 2.05) is 0 Å². The molecule has 0 aromatic rings. The highest BCUT2D eigenvalue weighted by Crippen LogP contribution is 2.35.